The smallest absolute Gasteiger partial charge is 0.261 e. The summed E-state index contributed by atoms with van der Waals surface area (Å²) in [6.45, 7) is 10.0. The number of benzene rings is 2. The molecule has 6 heteroatoms. The molecule has 0 saturated heterocycles. The van der Waals surface area contributed by atoms with Crippen LogP contribution in [0, 0.1) is 13.8 Å². The molecule has 2 atom stereocenters. The first kappa shape index (κ1) is 25.2. The number of rotatable bonds is 11. The molecular weight excluding hydrogens is 404 g/mol. The van der Waals surface area contributed by atoms with Crippen molar-refractivity contribution in [3.05, 3.63) is 59.2 Å². The minimum atomic E-state index is -0.592. The second kappa shape index (κ2) is 12.1. The molecule has 0 aliphatic heterocycles. The summed E-state index contributed by atoms with van der Waals surface area (Å²) in [7, 11) is 1.61. The quantitative estimate of drug-likeness (QED) is 0.562. The van der Waals surface area contributed by atoms with E-state index in [2.05, 4.69) is 11.4 Å². The Morgan fingerprint density at radius 1 is 1.00 bits per heavy atom. The van der Waals surface area contributed by atoms with Crippen molar-refractivity contribution in [2.24, 2.45) is 0 Å². The van der Waals surface area contributed by atoms with Gasteiger partial charge in [0.1, 0.15) is 17.5 Å². The molecule has 2 aromatic rings. The van der Waals surface area contributed by atoms with Crippen molar-refractivity contribution >= 4 is 11.8 Å². The van der Waals surface area contributed by atoms with E-state index in [-0.39, 0.29) is 24.5 Å². The molecule has 0 heterocycles. The van der Waals surface area contributed by atoms with Gasteiger partial charge in [-0.25, -0.2) is 0 Å². The van der Waals surface area contributed by atoms with Gasteiger partial charge < -0.3 is 19.7 Å². The van der Waals surface area contributed by atoms with Crippen molar-refractivity contribution in [1.29, 1.82) is 0 Å². The standard InChI is InChI=1S/C26H36N2O4/c1-7-20(5)27-26(30)24(8-2)28(16-21-10-9-11-22(15-21)31-6)25(29)17-32-23-13-18(3)12-19(4)14-23/h9-15,20,24H,7-8,16-17H2,1-6H3,(H,27,30)/t20-,24+/m1/s1. The zero-order valence-electron chi connectivity index (χ0n) is 20.1. The number of nitrogens with zero attached hydrogens (tertiary/aromatic N) is 1. The van der Waals surface area contributed by atoms with Crippen LogP contribution in [0.25, 0.3) is 0 Å². The van der Waals surface area contributed by atoms with Crippen LogP contribution >= 0.6 is 0 Å². The molecule has 0 aliphatic carbocycles. The maximum absolute atomic E-state index is 13.3. The van der Waals surface area contributed by atoms with Gasteiger partial charge in [0.2, 0.25) is 5.91 Å². The van der Waals surface area contributed by atoms with E-state index in [0.29, 0.717) is 24.5 Å². The first-order valence-electron chi connectivity index (χ1n) is 11.2. The second-order valence-corrected chi connectivity index (χ2v) is 8.23. The summed E-state index contributed by atoms with van der Waals surface area (Å²) < 4.78 is 11.1. The molecule has 2 rings (SSSR count). The topological polar surface area (TPSA) is 67.9 Å². The summed E-state index contributed by atoms with van der Waals surface area (Å²) in [6, 6.07) is 12.8. The van der Waals surface area contributed by atoms with Crippen molar-refractivity contribution < 1.29 is 19.1 Å². The summed E-state index contributed by atoms with van der Waals surface area (Å²) in [4.78, 5) is 27.9. The SMILES string of the molecule is CC[C@@H](C)NC(=O)[C@H](CC)N(Cc1cccc(OC)c1)C(=O)COc1cc(C)cc(C)c1. The molecule has 2 amide bonds. The Balaban J connectivity index is 2.25. The van der Waals surface area contributed by atoms with Crippen molar-refractivity contribution in [3.63, 3.8) is 0 Å². The van der Waals surface area contributed by atoms with Crippen LogP contribution in [0.1, 0.15) is 50.3 Å². The molecule has 0 unspecified atom stereocenters. The van der Waals surface area contributed by atoms with Gasteiger partial charge in [-0.3, -0.25) is 9.59 Å². The third-order valence-corrected chi connectivity index (χ3v) is 5.43. The number of methoxy groups -OCH3 is 1. The number of hydrogen-bond acceptors (Lipinski definition) is 4. The van der Waals surface area contributed by atoms with E-state index in [0.717, 1.165) is 23.1 Å². The highest BCUT2D eigenvalue weighted by Gasteiger charge is 2.29. The lowest BCUT2D eigenvalue weighted by Crippen LogP contribution is -2.51. The number of carbonyl (C=O) groups is 2. The summed E-state index contributed by atoms with van der Waals surface area (Å²) in [6.07, 6.45) is 1.32. The third-order valence-electron chi connectivity index (χ3n) is 5.43. The average Bonchev–Trinajstić information content (AvgIpc) is 2.76. The molecule has 1 N–H and O–H groups in total. The molecular formula is C26H36N2O4. The molecule has 6 nitrogen and oxygen atoms in total. The largest absolute Gasteiger partial charge is 0.497 e. The molecule has 174 valence electrons. The van der Waals surface area contributed by atoms with Crippen LogP contribution < -0.4 is 14.8 Å². The maximum atomic E-state index is 13.3. The third kappa shape index (κ3) is 7.29. The van der Waals surface area contributed by atoms with E-state index in [4.69, 9.17) is 9.47 Å². The number of aryl methyl sites for hydroxylation is 2. The van der Waals surface area contributed by atoms with Crippen LogP contribution in [0.4, 0.5) is 0 Å². The predicted molar refractivity (Wildman–Crippen MR) is 127 cm³/mol. The van der Waals surface area contributed by atoms with Gasteiger partial charge in [-0.05, 0) is 74.6 Å². The zero-order valence-corrected chi connectivity index (χ0v) is 20.1. The minimum absolute atomic E-state index is 0.0387. The second-order valence-electron chi connectivity index (χ2n) is 8.23. The summed E-state index contributed by atoms with van der Waals surface area (Å²) in [5.41, 5.74) is 3.03. The fraction of sp³-hybridized carbons (Fsp3) is 0.462. The lowest BCUT2D eigenvalue weighted by atomic mass is 10.1. The Bertz CT molecular complexity index is 892. The highest BCUT2D eigenvalue weighted by molar-refractivity contribution is 5.88. The van der Waals surface area contributed by atoms with Crippen LogP contribution in [0.2, 0.25) is 0 Å². The van der Waals surface area contributed by atoms with Gasteiger partial charge in [-0.2, -0.15) is 0 Å². The first-order valence-corrected chi connectivity index (χ1v) is 11.2. The monoisotopic (exact) mass is 440 g/mol. The normalized spacial score (nSPS) is 12.6. The molecule has 0 radical (unpaired) electrons. The Morgan fingerprint density at radius 2 is 1.69 bits per heavy atom. The number of amides is 2. The van der Waals surface area contributed by atoms with E-state index in [1.54, 1.807) is 12.0 Å². The van der Waals surface area contributed by atoms with Gasteiger partial charge in [0.15, 0.2) is 6.61 Å². The van der Waals surface area contributed by atoms with Crippen LogP contribution in [0.15, 0.2) is 42.5 Å². The van der Waals surface area contributed by atoms with Crippen molar-refractivity contribution in [2.45, 2.75) is 66.1 Å². The maximum Gasteiger partial charge on any atom is 0.261 e. The molecule has 32 heavy (non-hydrogen) atoms. The zero-order chi connectivity index (χ0) is 23.7. The van der Waals surface area contributed by atoms with E-state index in [1.165, 1.54) is 0 Å². The van der Waals surface area contributed by atoms with E-state index in [9.17, 15) is 9.59 Å². The molecule has 0 fully saturated rings. The Morgan fingerprint density at radius 3 is 2.28 bits per heavy atom. The molecule has 0 saturated carbocycles. The molecule has 0 spiro atoms. The van der Waals surface area contributed by atoms with Crippen molar-refractivity contribution in [1.82, 2.24) is 10.2 Å². The lowest BCUT2D eigenvalue weighted by molar-refractivity contribution is -0.143. The molecule has 2 aromatic carbocycles. The van der Waals surface area contributed by atoms with Crippen LogP contribution in [-0.4, -0.2) is 42.5 Å². The van der Waals surface area contributed by atoms with Crippen LogP contribution in [0.3, 0.4) is 0 Å². The predicted octanol–water partition coefficient (Wildman–Crippen LogP) is 4.41. The Labute approximate surface area is 191 Å². The van der Waals surface area contributed by atoms with Gasteiger partial charge in [-0.15, -0.1) is 0 Å². The van der Waals surface area contributed by atoms with E-state index in [1.807, 2.05) is 71.0 Å². The van der Waals surface area contributed by atoms with Gasteiger partial charge in [0, 0.05) is 12.6 Å². The molecule has 0 aromatic heterocycles. The Kier molecular flexibility index (Phi) is 9.57. The van der Waals surface area contributed by atoms with Gasteiger partial charge in [0.05, 0.1) is 7.11 Å². The van der Waals surface area contributed by atoms with Gasteiger partial charge in [-0.1, -0.05) is 32.0 Å². The average molecular weight is 441 g/mol. The number of carbonyl (C=O) groups excluding carboxylic acids is 2. The lowest BCUT2D eigenvalue weighted by Gasteiger charge is -2.31. The summed E-state index contributed by atoms with van der Waals surface area (Å²) in [5, 5.41) is 3.01. The fourth-order valence-electron chi connectivity index (χ4n) is 3.57. The molecule has 0 bridgehead atoms. The molecule has 0 aliphatic rings. The highest BCUT2D eigenvalue weighted by atomic mass is 16.5. The minimum Gasteiger partial charge on any atom is -0.497 e. The summed E-state index contributed by atoms with van der Waals surface area (Å²) in [5.74, 6) is 0.968. The van der Waals surface area contributed by atoms with Gasteiger partial charge >= 0.3 is 0 Å². The number of hydrogen-bond donors (Lipinski definition) is 1. The fourth-order valence-corrected chi connectivity index (χ4v) is 3.57. The van der Waals surface area contributed by atoms with Crippen molar-refractivity contribution in [2.75, 3.05) is 13.7 Å². The van der Waals surface area contributed by atoms with Crippen LogP contribution in [0.5, 0.6) is 11.5 Å². The van der Waals surface area contributed by atoms with E-state index >= 15 is 0 Å². The van der Waals surface area contributed by atoms with Gasteiger partial charge in [0.25, 0.3) is 5.91 Å². The first-order chi connectivity index (χ1) is 15.3. The number of nitrogens with one attached hydrogen (secondary N) is 1. The van der Waals surface area contributed by atoms with E-state index < -0.39 is 6.04 Å². The number of ether oxygens (including phenoxy) is 2. The Hall–Kier alpha value is -3.02. The highest BCUT2D eigenvalue weighted by Crippen LogP contribution is 2.19. The summed E-state index contributed by atoms with van der Waals surface area (Å²) >= 11 is 0. The van der Waals surface area contributed by atoms with Crippen molar-refractivity contribution in [3.8, 4) is 11.5 Å². The van der Waals surface area contributed by atoms with Crippen LogP contribution in [-0.2, 0) is 16.1 Å².